The molecule has 2 aromatic rings. The predicted molar refractivity (Wildman–Crippen MR) is 90.3 cm³/mol. The Kier molecular flexibility index (Phi) is 5.22. The quantitative estimate of drug-likeness (QED) is 0.907. The second-order valence-corrected chi connectivity index (χ2v) is 5.45. The maximum atomic E-state index is 13.2. The molecule has 0 atom stereocenters. The van der Waals surface area contributed by atoms with Crippen LogP contribution in [0.1, 0.15) is 6.92 Å². The monoisotopic (exact) mass is 346 g/mol. The highest BCUT2D eigenvalue weighted by molar-refractivity contribution is 5.68. The van der Waals surface area contributed by atoms with E-state index >= 15 is 0 Å². The number of carbonyl (C=O) groups is 1. The van der Waals surface area contributed by atoms with E-state index in [0.717, 1.165) is 0 Å². The number of anilines is 3. The molecule has 2 heterocycles. The zero-order chi connectivity index (χ0) is 17.6. The summed E-state index contributed by atoms with van der Waals surface area (Å²) < 4.78 is 18.3. The first-order valence-electron chi connectivity index (χ1n) is 8.04. The van der Waals surface area contributed by atoms with Crippen LogP contribution in [0.15, 0.2) is 30.5 Å². The number of carbonyl (C=O) groups excluding carboxylic acids is 1. The molecule has 8 nitrogen and oxygen atoms in total. The van der Waals surface area contributed by atoms with Crippen LogP contribution in [0.25, 0.3) is 0 Å². The number of halogens is 1. The fraction of sp³-hybridized carbons (Fsp3) is 0.375. The number of ether oxygens (including phenoxy) is 1. The number of hydrogen-bond acceptors (Lipinski definition) is 7. The molecule has 1 fully saturated rings. The molecular formula is C16H19FN6O2. The van der Waals surface area contributed by atoms with E-state index in [2.05, 4.69) is 20.5 Å². The zero-order valence-electron chi connectivity index (χ0n) is 13.9. The summed E-state index contributed by atoms with van der Waals surface area (Å²) >= 11 is 0. The normalized spacial score (nSPS) is 14.3. The third kappa shape index (κ3) is 4.31. The van der Waals surface area contributed by atoms with Crippen molar-refractivity contribution in [1.29, 1.82) is 0 Å². The zero-order valence-corrected chi connectivity index (χ0v) is 13.9. The van der Waals surface area contributed by atoms with Crippen molar-refractivity contribution < 1.29 is 13.9 Å². The number of nitrogens with one attached hydrogen (secondary N) is 1. The number of amides is 1. The number of nitrogens with zero attached hydrogens (tertiary/aromatic N) is 5. The van der Waals surface area contributed by atoms with E-state index in [-0.39, 0.29) is 17.9 Å². The summed E-state index contributed by atoms with van der Waals surface area (Å²) in [5.74, 6) is 0.595. The summed E-state index contributed by atoms with van der Waals surface area (Å²) in [6.07, 6.45) is 1.27. The van der Waals surface area contributed by atoms with Gasteiger partial charge in [-0.15, -0.1) is 5.10 Å². The molecule has 0 spiro atoms. The van der Waals surface area contributed by atoms with Gasteiger partial charge in [0.25, 0.3) is 0 Å². The van der Waals surface area contributed by atoms with Gasteiger partial charge in [0.1, 0.15) is 5.82 Å². The molecular weight excluding hydrogens is 327 g/mol. The molecule has 3 rings (SSSR count). The lowest BCUT2D eigenvalue weighted by atomic mass is 10.3. The van der Waals surface area contributed by atoms with Gasteiger partial charge in [0, 0.05) is 31.9 Å². The van der Waals surface area contributed by atoms with Crippen molar-refractivity contribution in [1.82, 2.24) is 20.1 Å². The minimum absolute atomic E-state index is 0.288. The van der Waals surface area contributed by atoms with E-state index < -0.39 is 0 Å². The minimum atomic E-state index is -0.343. The highest BCUT2D eigenvalue weighted by Gasteiger charge is 2.23. The first-order chi connectivity index (χ1) is 12.2. The van der Waals surface area contributed by atoms with Crippen molar-refractivity contribution in [3.8, 4) is 0 Å². The molecule has 1 aliphatic rings. The molecule has 1 amide bonds. The first kappa shape index (κ1) is 16.9. The van der Waals surface area contributed by atoms with Crippen LogP contribution >= 0.6 is 0 Å². The number of rotatable bonds is 4. The molecule has 25 heavy (non-hydrogen) atoms. The standard InChI is InChI=1S/C16H19FN6O2/c1-2-25-16(24)23-8-6-22(7-9-23)14-11-18-21-15(20-14)19-13-5-3-4-12(17)10-13/h3-5,10-11H,2,6-9H2,1H3,(H,19,20,21). The summed E-state index contributed by atoms with van der Waals surface area (Å²) in [5.41, 5.74) is 0.547. The van der Waals surface area contributed by atoms with Gasteiger partial charge in [0.05, 0.1) is 12.8 Å². The van der Waals surface area contributed by atoms with Gasteiger partial charge >= 0.3 is 6.09 Å². The van der Waals surface area contributed by atoms with Gasteiger partial charge in [0.2, 0.25) is 5.95 Å². The molecule has 1 aliphatic heterocycles. The molecule has 1 saturated heterocycles. The van der Waals surface area contributed by atoms with Crippen LogP contribution in [0, 0.1) is 5.82 Å². The Morgan fingerprint density at radius 1 is 1.32 bits per heavy atom. The van der Waals surface area contributed by atoms with E-state index in [0.29, 0.717) is 44.3 Å². The van der Waals surface area contributed by atoms with Gasteiger partial charge in [-0.25, -0.2) is 9.18 Å². The van der Waals surface area contributed by atoms with E-state index in [1.165, 1.54) is 12.1 Å². The Bertz CT molecular complexity index is 736. The average molecular weight is 346 g/mol. The average Bonchev–Trinajstić information content (AvgIpc) is 2.62. The Hall–Kier alpha value is -2.97. The van der Waals surface area contributed by atoms with Gasteiger partial charge in [-0.1, -0.05) is 6.07 Å². The van der Waals surface area contributed by atoms with E-state index in [4.69, 9.17) is 4.74 Å². The Balaban J connectivity index is 1.63. The van der Waals surface area contributed by atoms with Crippen molar-refractivity contribution in [2.45, 2.75) is 6.92 Å². The van der Waals surface area contributed by atoms with E-state index in [1.54, 1.807) is 30.2 Å². The first-order valence-corrected chi connectivity index (χ1v) is 8.04. The fourth-order valence-corrected chi connectivity index (χ4v) is 2.53. The molecule has 132 valence electrons. The summed E-state index contributed by atoms with van der Waals surface area (Å²) in [5, 5.41) is 10.8. The van der Waals surface area contributed by atoms with Gasteiger partial charge in [-0.05, 0) is 25.1 Å². The van der Waals surface area contributed by atoms with Crippen LogP contribution in [0.5, 0.6) is 0 Å². The molecule has 1 aromatic heterocycles. The molecule has 0 unspecified atom stereocenters. The second kappa shape index (κ2) is 7.73. The summed E-state index contributed by atoms with van der Waals surface area (Å²) in [7, 11) is 0. The van der Waals surface area contributed by atoms with E-state index in [9.17, 15) is 9.18 Å². The maximum Gasteiger partial charge on any atom is 0.409 e. The lowest BCUT2D eigenvalue weighted by molar-refractivity contribution is 0.105. The molecule has 0 radical (unpaired) electrons. The van der Waals surface area contributed by atoms with Crippen molar-refractivity contribution in [3.63, 3.8) is 0 Å². The van der Waals surface area contributed by atoms with Crippen molar-refractivity contribution >= 4 is 23.5 Å². The smallest absolute Gasteiger partial charge is 0.409 e. The summed E-state index contributed by atoms with van der Waals surface area (Å²) in [6, 6.07) is 6.04. The van der Waals surface area contributed by atoms with Crippen LogP contribution in [-0.2, 0) is 4.74 Å². The molecule has 1 aromatic carbocycles. The van der Waals surface area contributed by atoms with E-state index in [1.807, 2.05) is 4.90 Å². The van der Waals surface area contributed by atoms with Crippen molar-refractivity contribution in [3.05, 3.63) is 36.3 Å². The van der Waals surface area contributed by atoms with Crippen LogP contribution in [0.4, 0.5) is 26.6 Å². The van der Waals surface area contributed by atoms with Crippen molar-refractivity contribution in [2.24, 2.45) is 0 Å². The Morgan fingerprint density at radius 3 is 2.84 bits per heavy atom. The maximum absolute atomic E-state index is 13.2. The number of aromatic nitrogens is 3. The third-order valence-corrected chi connectivity index (χ3v) is 3.76. The highest BCUT2D eigenvalue weighted by Crippen LogP contribution is 2.17. The SMILES string of the molecule is CCOC(=O)N1CCN(c2cnnc(Nc3cccc(F)c3)n2)CC1. The van der Waals surface area contributed by atoms with Crippen molar-refractivity contribution in [2.75, 3.05) is 43.0 Å². The number of hydrogen-bond donors (Lipinski definition) is 1. The van der Waals surface area contributed by atoms with Gasteiger partial charge in [-0.2, -0.15) is 10.1 Å². The molecule has 0 saturated carbocycles. The number of benzene rings is 1. The van der Waals surface area contributed by atoms with Gasteiger partial charge < -0.3 is 19.9 Å². The number of piperazine rings is 1. The summed E-state index contributed by atoms with van der Waals surface area (Å²) in [4.78, 5) is 19.8. The fourth-order valence-electron chi connectivity index (χ4n) is 2.53. The van der Waals surface area contributed by atoms with Crippen LogP contribution in [-0.4, -0.2) is 59.0 Å². The second-order valence-electron chi connectivity index (χ2n) is 5.45. The lowest BCUT2D eigenvalue weighted by Gasteiger charge is -2.34. The molecule has 0 aliphatic carbocycles. The molecule has 0 bridgehead atoms. The topological polar surface area (TPSA) is 83.5 Å². The molecule has 9 heteroatoms. The van der Waals surface area contributed by atoms with Crippen LogP contribution < -0.4 is 10.2 Å². The van der Waals surface area contributed by atoms with Gasteiger partial charge in [-0.3, -0.25) is 0 Å². The lowest BCUT2D eigenvalue weighted by Crippen LogP contribution is -2.49. The predicted octanol–water partition coefficient (Wildman–Crippen LogP) is 2.03. The van der Waals surface area contributed by atoms with Crippen LogP contribution in [0.3, 0.4) is 0 Å². The largest absolute Gasteiger partial charge is 0.450 e. The summed E-state index contributed by atoms with van der Waals surface area (Å²) in [6.45, 7) is 4.50. The Labute approximate surface area is 144 Å². The van der Waals surface area contributed by atoms with Crippen LogP contribution in [0.2, 0.25) is 0 Å². The van der Waals surface area contributed by atoms with Gasteiger partial charge in [0.15, 0.2) is 5.82 Å². The minimum Gasteiger partial charge on any atom is -0.450 e. The molecule has 1 N–H and O–H groups in total. The highest BCUT2D eigenvalue weighted by atomic mass is 19.1. The third-order valence-electron chi connectivity index (χ3n) is 3.76. The Morgan fingerprint density at radius 2 is 2.12 bits per heavy atom.